The number of halogens is 1. The highest BCUT2D eigenvalue weighted by molar-refractivity contribution is 9.10. The Morgan fingerprint density at radius 3 is 1.15 bits per heavy atom. The minimum absolute atomic E-state index is 1.13. The topological polar surface area (TPSA) is 0 Å². The van der Waals surface area contributed by atoms with Crippen molar-refractivity contribution >= 4 is 15.9 Å². The summed E-state index contributed by atoms with van der Waals surface area (Å²) in [6, 6.07) is 9.97. The van der Waals surface area contributed by atoms with E-state index in [1.165, 1.54) is 0 Å². The van der Waals surface area contributed by atoms with Crippen molar-refractivity contribution in [3.05, 3.63) is 34.8 Å². The molecule has 0 aromatic heterocycles. The van der Waals surface area contributed by atoms with Crippen molar-refractivity contribution in [2.75, 3.05) is 0 Å². The van der Waals surface area contributed by atoms with Crippen LogP contribution in [-0.2, 0) is 0 Å². The molecule has 0 aliphatic heterocycles. The zero-order valence-electron chi connectivity index (χ0n) is 9.76. The van der Waals surface area contributed by atoms with Crippen molar-refractivity contribution in [1.29, 1.82) is 0 Å². The monoisotopic (exact) mass is 246 g/mol. The van der Waals surface area contributed by atoms with E-state index in [0.29, 0.717) is 0 Å². The maximum absolute atomic E-state index is 3.31. The van der Waals surface area contributed by atoms with Gasteiger partial charge in [-0.2, -0.15) is 0 Å². The summed E-state index contributed by atoms with van der Waals surface area (Å²) in [6.45, 7) is 12.0. The van der Waals surface area contributed by atoms with Gasteiger partial charge in [0.05, 0.1) is 0 Å². The fourth-order valence-corrected chi connectivity index (χ4v) is 0.720. The van der Waals surface area contributed by atoms with E-state index < -0.39 is 0 Å². The van der Waals surface area contributed by atoms with Crippen molar-refractivity contribution in [3.8, 4) is 0 Å². The van der Waals surface area contributed by atoms with Gasteiger partial charge in [0, 0.05) is 4.47 Å². The molecule has 0 aliphatic rings. The van der Waals surface area contributed by atoms with E-state index in [-0.39, 0.29) is 0 Å². The average molecular weight is 247 g/mol. The zero-order valence-corrected chi connectivity index (χ0v) is 11.4. The number of benzene rings is 1. The molecule has 0 fully saturated rings. The Bertz CT molecular complexity index is 135. The van der Waals surface area contributed by atoms with Crippen molar-refractivity contribution in [2.45, 2.75) is 41.5 Å². The van der Waals surface area contributed by atoms with Gasteiger partial charge in [-0.1, -0.05) is 75.7 Å². The molecule has 0 bridgehead atoms. The summed E-state index contributed by atoms with van der Waals surface area (Å²) in [5.74, 6) is 0. The molecule has 0 radical (unpaired) electrons. The Morgan fingerprint density at radius 1 is 0.692 bits per heavy atom. The number of hydrogen-bond donors (Lipinski definition) is 0. The van der Waals surface area contributed by atoms with Crippen LogP contribution in [0, 0.1) is 0 Å². The Kier molecular flexibility index (Phi) is 32.1. The molecule has 0 atom stereocenters. The third-order valence-electron chi connectivity index (χ3n) is 0.733. The second kappa shape index (κ2) is 22.6. The summed E-state index contributed by atoms with van der Waals surface area (Å²) in [5.41, 5.74) is 0. The molecule has 0 aliphatic carbocycles. The molecule has 1 aromatic carbocycles. The van der Waals surface area contributed by atoms with E-state index in [0.717, 1.165) is 4.47 Å². The maximum atomic E-state index is 3.31. The predicted octanol–water partition coefficient (Wildman–Crippen LogP) is 5.53. The first kappa shape index (κ1) is 18.5. The van der Waals surface area contributed by atoms with E-state index in [4.69, 9.17) is 0 Å². The third kappa shape index (κ3) is 18.6. The highest BCUT2D eigenvalue weighted by Crippen LogP contribution is 2.05. The highest BCUT2D eigenvalue weighted by atomic mass is 79.9. The summed E-state index contributed by atoms with van der Waals surface area (Å²) in [6.07, 6.45) is 0. The second-order valence-electron chi connectivity index (χ2n) is 1.30. The molecular weight excluding hydrogens is 224 g/mol. The Hall–Kier alpha value is -0.300. The molecule has 1 heteroatoms. The van der Waals surface area contributed by atoms with E-state index in [1.807, 2.05) is 71.9 Å². The molecule has 1 rings (SSSR count). The fourth-order valence-electron chi connectivity index (χ4n) is 0.415. The van der Waals surface area contributed by atoms with Gasteiger partial charge in [-0.05, 0) is 12.1 Å². The summed E-state index contributed by atoms with van der Waals surface area (Å²) < 4.78 is 1.13. The number of rotatable bonds is 0. The standard InChI is InChI=1S/C6H5Br.3C2H6/c7-6-4-2-1-3-5-6;3*1-2/h1-5H;3*1-2H3. The molecule has 13 heavy (non-hydrogen) atoms. The molecule has 0 nitrogen and oxygen atoms in total. The van der Waals surface area contributed by atoms with Gasteiger partial charge in [0.25, 0.3) is 0 Å². The zero-order chi connectivity index (χ0) is 11.1. The van der Waals surface area contributed by atoms with Gasteiger partial charge in [0.1, 0.15) is 0 Å². The largest absolute Gasteiger partial charge is 0.0683 e. The first-order valence-corrected chi connectivity index (χ1v) is 5.89. The first-order chi connectivity index (χ1) is 6.39. The van der Waals surface area contributed by atoms with E-state index in [1.54, 1.807) is 0 Å². The minimum Gasteiger partial charge on any atom is -0.0683 e. The quantitative estimate of drug-likeness (QED) is 0.565. The van der Waals surface area contributed by atoms with Gasteiger partial charge in [0.2, 0.25) is 0 Å². The molecule has 78 valence electrons. The fraction of sp³-hybridized carbons (Fsp3) is 0.500. The van der Waals surface area contributed by atoms with E-state index >= 15 is 0 Å². The van der Waals surface area contributed by atoms with Crippen LogP contribution in [0.4, 0.5) is 0 Å². The van der Waals surface area contributed by atoms with Gasteiger partial charge >= 0.3 is 0 Å². The van der Waals surface area contributed by atoms with E-state index in [9.17, 15) is 0 Å². The Morgan fingerprint density at radius 2 is 1.00 bits per heavy atom. The van der Waals surface area contributed by atoms with Crippen LogP contribution in [0.25, 0.3) is 0 Å². The molecule has 0 saturated carbocycles. The lowest BCUT2D eigenvalue weighted by atomic mass is 10.4. The van der Waals surface area contributed by atoms with Gasteiger partial charge in [0.15, 0.2) is 0 Å². The maximum Gasteiger partial charge on any atom is 0.0175 e. The normalized spacial score (nSPS) is 6.08. The molecule has 0 heterocycles. The summed E-state index contributed by atoms with van der Waals surface area (Å²) in [7, 11) is 0. The summed E-state index contributed by atoms with van der Waals surface area (Å²) in [5, 5.41) is 0. The van der Waals surface area contributed by atoms with Gasteiger partial charge in [-0.25, -0.2) is 0 Å². The first-order valence-electron chi connectivity index (χ1n) is 5.10. The summed E-state index contributed by atoms with van der Waals surface area (Å²) in [4.78, 5) is 0. The van der Waals surface area contributed by atoms with Gasteiger partial charge < -0.3 is 0 Å². The molecule has 0 amide bonds. The number of hydrogen-bond acceptors (Lipinski definition) is 0. The molecule has 1 aromatic rings. The molecule has 0 N–H and O–H groups in total. The van der Waals surface area contributed by atoms with Crippen LogP contribution in [0.2, 0.25) is 0 Å². The summed E-state index contributed by atoms with van der Waals surface area (Å²) >= 11 is 3.31. The van der Waals surface area contributed by atoms with Crippen LogP contribution >= 0.6 is 15.9 Å². The lowest BCUT2D eigenvalue weighted by Gasteiger charge is -1.80. The van der Waals surface area contributed by atoms with Crippen molar-refractivity contribution in [1.82, 2.24) is 0 Å². The minimum atomic E-state index is 1.13. The molecule has 0 unspecified atom stereocenters. The van der Waals surface area contributed by atoms with Crippen molar-refractivity contribution in [2.24, 2.45) is 0 Å². The van der Waals surface area contributed by atoms with Gasteiger partial charge in [-0.15, -0.1) is 0 Å². The lowest BCUT2D eigenvalue weighted by molar-refractivity contribution is 1.50. The van der Waals surface area contributed by atoms with E-state index in [2.05, 4.69) is 15.9 Å². The SMILES string of the molecule is Brc1ccccc1.CC.CC.CC. The second-order valence-corrected chi connectivity index (χ2v) is 2.21. The average Bonchev–Trinajstić information content (AvgIpc) is 2.28. The Balaban J connectivity index is -0.000000144. The molecule has 0 spiro atoms. The lowest BCUT2D eigenvalue weighted by Crippen LogP contribution is -1.55. The predicted molar refractivity (Wildman–Crippen MR) is 68.2 cm³/mol. The Labute approximate surface area is 92.5 Å². The highest BCUT2D eigenvalue weighted by Gasteiger charge is 1.74. The molecular formula is C12H23Br. The third-order valence-corrected chi connectivity index (χ3v) is 1.26. The van der Waals surface area contributed by atoms with Gasteiger partial charge in [-0.3, -0.25) is 0 Å². The van der Waals surface area contributed by atoms with Crippen LogP contribution in [0.5, 0.6) is 0 Å². The van der Waals surface area contributed by atoms with Crippen LogP contribution < -0.4 is 0 Å². The smallest absolute Gasteiger partial charge is 0.0175 e. The van der Waals surface area contributed by atoms with Crippen LogP contribution in [0.15, 0.2) is 34.8 Å². The van der Waals surface area contributed by atoms with Crippen LogP contribution in [0.1, 0.15) is 41.5 Å². The molecule has 0 saturated heterocycles. The van der Waals surface area contributed by atoms with Crippen molar-refractivity contribution < 1.29 is 0 Å². The van der Waals surface area contributed by atoms with Crippen LogP contribution in [-0.4, -0.2) is 0 Å². The van der Waals surface area contributed by atoms with Crippen molar-refractivity contribution in [3.63, 3.8) is 0 Å². The van der Waals surface area contributed by atoms with Crippen LogP contribution in [0.3, 0.4) is 0 Å².